The van der Waals surface area contributed by atoms with E-state index in [9.17, 15) is 8.42 Å². The van der Waals surface area contributed by atoms with Gasteiger partial charge in [-0.05, 0) is 25.3 Å². The monoisotopic (exact) mass is 254 g/mol. The predicted octanol–water partition coefficient (Wildman–Crippen LogP) is 1.08. The first-order valence-electron chi connectivity index (χ1n) is 5.78. The Morgan fingerprint density at radius 2 is 2.12 bits per heavy atom. The third-order valence-corrected chi connectivity index (χ3v) is 4.61. The number of primary sulfonamides is 1. The van der Waals surface area contributed by atoms with E-state index in [0.29, 0.717) is 13.0 Å². The molecule has 1 saturated heterocycles. The fraction of sp³-hybridized carbons (Fsp3) is 0.500. The van der Waals surface area contributed by atoms with Gasteiger partial charge in [0.05, 0.1) is 5.25 Å². The van der Waals surface area contributed by atoms with E-state index < -0.39 is 15.3 Å². The standard InChI is InChI=1S/C12H18N2O2S/c1-9-3-2-4-10(7-9)12-6-5-11(8-14-12)17(13,15)16/h2-4,7,11-12,14H,5-6,8H2,1H3,(H2,13,15,16). The third-order valence-electron chi connectivity index (χ3n) is 3.28. The third kappa shape index (κ3) is 3.06. The molecule has 1 aromatic rings. The van der Waals surface area contributed by atoms with E-state index in [2.05, 4.69) is 30.4 Å². The normalized spacial score (nSPS) is 25.8. The van der Waals surface area contributed by atoms with Crippen molar-refractivity contribution in [3.8, 4) is 0 Å². The highest BCUT2D eigenvalue weighted by Gasteiger charge is 2.28. The minimum atomic E-state index is -3.40. The summed E-state index contributed by atoms with van der Waals surface area (Å²) in [6, 6.07) is 8.53. The molecule has 2 atom stereocenters. The molecule has 5 heteroatoms. The fourth-order valence-corrected chi connectivity index (χ4v) is 3.08. The van der Waals surface area contributed by atoms with E-state index >= 15 is 0 Å². The highest BCUT2D eigenvalue weighted by atomic mass is 32.2. The van der Waals surface area contributed by atoms with Crippen LogP contribution in [0.15, 0.2) is 24.3 Å². The van der Waals surface area contributed by atoms with Crippen LogP contribution in [-0.2, 0) is 10.0 Å². The van der Waals surface area contributed by atoms with Crippen molar-refractivity contribution in [2.75, 3.05) is 6.54 Å². The van der Waals surface area contributed by atoms with Gasteiger partial charge >= 0.3 is 0 Å². The van der Waals surface area contributed by atoms with E-state index in [-0.39, 0.29) is 6.04 Å². The average Bonchev–Trinajstić information content (AvgIpc) is 2.28. The summed E-state index contributed by atoms with van der Waals surface area (Å²) in [4.78, 5) is 0. The van der Waals surface area contributed by atoms with Crippen molar-refractivity contribution < 1.29 is 8.42 Å². The van der Waals surface area contributed by atoms with Crippen molar-refractivity contribution in [1.82, 2.24) is 5.32 Å². The Labute approximate surface area is 102 Å². The molecule has 1 heterocycles. The molecule has 1 aromatic carbocycles. The van der Waals surface area contributed by atoms with Crippen LogP contribution >= 0.6 is 0 Å². The number of nitrogens with two attached hydrogens (primary N) is 1. The summed E-state index contributed by atoms with van der Waals surface area (Å²) in [5, 5.41) is 7.97. The molecule has 0 amide bonds. The summed E-state index contributed by atoms with van der Waals surface area (Å²) in [6.45, 7) is 2.50. The zero-order chi connectivity index (χ0) is 12.5. The number of hydrogen-bond acceptors (Lipinski definition) is 3. The first-order chi connectivity index (χ1) is 7.97. The van der Waals surface area contributed by atoms with Crippen molar-refractivity contribution >= 4 is 10.0 Å². The van der Waals surface area contributed by atoms with Crippen LogP contribution in [0, 0.1) is 6.92 Å². The number of rotatable bonds is 2. The number of benzene rings is 1. The number of aryl methyl sites for hydroxylation is 1. The molecule has 3 N–H and O–H groups in total. The smallest absolute Gasteiger partial charge is 0.213 e. The van der Waals surface area contributed by atoms with Gasteiger partial charge in [-0.3, -0.25) is 0 Å². The number of nitrogens with one attached hydrogen (secondary N) is 1. The van der Waals surface area contributed by atoms with Gasteiger partial charge in [-0.1, -0.05) is 29.8 Å². The van der Waals surface area contributed by atoms with Gasteiger partial charge in [0.15, 0.2) is 0 Å². The first-order valence-corrected chi connectivity index (χ1v) is 7.39. The molecule has 0 aliphatic carbocycles. The zero-order valence-electron chi connectivity index (χ0n) is 9.89. The Balaban J connectivity index is 2.05. The Morgan fingerprint density at radius 1 is 1.35 bits per heavy atom. The molecule has 2 unspecified atom stereocenters. The zero-order valence-corrected chi connectivity index (χ0v) is 10.7. The van der Waals surface area contributed by atoms with Gasteiger partial charge in [-0.2, -0.15) is 0 Å². The van der Waals surface area contributed by atoms with Crippen LogP contribution in [0.25, 0.3) is 0 Å². The summed E-state index contributed by atoms with van der Waals surface area (Å²) < 4.78 is 22.4. The Morgan fingerprint density at radius 3 is 2.65 bits per heavy atom. The lowest BCUT2D eigenvalue weighted by Gasteiger charge is -2.29. The van der Waals surface area contributed by atoms with Crippen molar-refractivity contribution in [1.29, 1.82) is 0 Å². The predicted molar refractivity (Wildman–Crippen MR) is 68.1 cm³/mol. The highest BCUT2D eigenvalue weighted by molar-refractivity contribution is 7.89. The van der Waals surface area contributed by atoms with E-state index in [1.807, 2.05) is 6.07 Å². The summed E-state index contributed by atoms with van der Waals surface area (Å²) in [5.74, 6) is 0. The van der Waals surface area contributed by atoms with Crippen molar-refractivity contribution in [2.45, 2.75) is 31.1 Å². The molecule has 1 fully saturated rings. The molecular weight excluding hydrogens is 236 g/mol. The lowest BCUT2D eigenvalue weighted by molar-refractivity contribution is 0.408. The van der Waals surface area contributed by atoms with Crippen LogP contribution in [0.4, 0.5) is 0 Å². The first kappa shape index (κ1) is 12.5. The van der Waals surface area contributed by atoms with E-state index in [1.54, 1.807) is 0 Å². The Bertz CT molecular complexity index is 491. The molecule has 94 valence electrons. The van der Waals surface area contributed by atoms with Gasteiger partial charge in [-0.25, -0.2) is 13.6 Å². The minimum absolute atomic E-state index is 0.243. The quantitative estimate of drug-likeness (QED) is 0.829. The molecular formula is C12H18N2O2S. The number of hydrogen-bond donors (Lipinski definition) is 2. The largest absolute Gasteiger partial charge is 0.309 e. The van der Waals surface area contributed by atoms with Gasteiger partial charge < -0.3 is 5.32 Å². The molecule has 1 aliphatic rings. The molecule has 0 bridgehead atoms. The number of sulfonamides is 1. The van der Waals surface area contributed by atoms with Gasteiger partial charge in [0.25, 0.3) is 0 Å². The molecule has 17 heavy (non-hydrogen) atoms. The number of piperidine rings is 1. The highest BCUT2D eigenvalue weighted by Crippen LogP contribution is 2.25. The molecule has 0 spiro atoms. The summed E-state index contributed by atoms with van der Waals surface area (Å²) in [5.41, 5.74) is 2.44. The maximum absolute atomic E-state index is 11.2. The van der Waals surface area contributed by atoms with Crippen LogP contribution in [0.2, 0.25) is 0 Å². The summed E-state index contributed by atoms with van der Waals surface area (Å²) in [7, 11) is -3.40. The van der Waals surface area contributed by atoms with E-state index in [0.717, 1.165) is 6.42 Å². The molecule has 0 radical (unpaired) electrons. The van der Waals surface area contributed by atoms with Crippen LogP contribution in [0.5, 0.6) is 0 Å². The lowest BCUT2D eigenvalue weighted by Crippen LogP contribution is -2.43. The average molecular weight is 254 g/mol. The van der Waals surface area contributed by atoms with Crippen LogP contribution in [-0.4, -0.2) is 20.2 Å². The second-order valence-electron chi connectivity index (χ2n) is 4.66. The van der Waals surface area contributed by atoms with E-state index in [1.165, 1.54) is 11.1 Å². The molecule has 2 rings (SSSR count). The second kappa shape index (κ2) is 4.76. The molecule has 0 saturated carbocycles. The summed E-state index contributed by atoms with van der Waals surface area (Å²) in [6.07, 6.45) is 1.44. The van der Waals surface area contributed by atoms with Crippen molar-refractivity contribution in [2.24, 2.45) is 5.14 Å². The lowest BCUT2D eigenvalue weighted by atomic mass is 9.96. The molecule has 0 aromatic heterocycles. The maximum Gasteiger partial charge on any atom is 0.213 e. The maximum atomic E-state index is 11.2. The van der Waals surface area contributed by atoms with Crippen molar-refractivity contribution in [3.63, 3.8) is 0 Å². The Kier molecular flexibility index (Phi) is 3.51. The SMILES string of the molecule is Cc1cccc(C2CCC(S(N)(=O)=O)CN2)c1. The van der Waals surface area contributed by atoms with Crippen LogP contribution < -0.4 is 10.5 Å². The minimum Gasteiger partial charge on any atom is -0.309 e. The summed E-state index contributed by atoms with van der Waals surface area (Å²) >= 11 is 0. The Hall–Kier alpha value is -0.910. The van der Waals surface area contributed by atoms with E-state index in [4.69, 9.17) is 5.14 Å². The molecule has 1 aliphatic heterocycles. The van der Waals surface area contributed by atoms with Gasteiger partial charge in [-0.15, -0.1) is 0 Å². The van der Waals surface area contributed by atoms with Crippen LogP contribution in [0.3, 0.4) is 0 Å². The topological polar surface area (TPSA) is 72.2 Å². The fourth-order valence-electron chi connectivity index (χ4n) is 2.28. The van der Waals surface area contributed by atoms with Gasteiger partial charge in [0.1, 0.15) is 0 Å². The second-order valence-corrected chi connectivity index (χ2v) is 6.51. The van der Waals surface area contributed by atoms with Gasteiger partial charge in [0, 0.05) is 12.6 Å². The van der Waals surface area contributed by atoms with Gasteiger partial charge in [0.2, 0.25) is 10.0 Å². The molecule has 4 nitrogen and oxygen atoms in total. The van der Waals surface area contributed by atoms with Crippen LogP contribution in [0.1, 0.15) is 30.0 Å². The van der Waals surface area contributed by atoms with Crippen molar-refractivity contribution in [3.05, 3.63) is 35.4 Å².